The van der Waals surface area contributed by atoms with Crippen molar-refractivity contribution in [3.05, 3.63) is 59.7 Å². The number of benzene rings is 2. The fraction of sp³-hybridized carbons (Fsp3) is 0.176. The quantitative estimate of drug-likeness (QED) is 0.828. The number of hydrogen-bond donors (Lipinski definition) is 2. The van der Waals surface area contributed by atoms with Gasteiger partial charge in [0, 0.05) is 0 Å². The molecular weight excluding hydrogens is 268 g/mol. The van der Waals surface area contributed by atoms with Crippen LogP contribution >= 0.6 is 0 Å². The highest BCUT2D eigenvalue weighted by Gasteiger charge is 2.23. The second kappa shape index (κ2) is 6.22. The molecule has 0 bridgehead atoms. The number of Topliss-reactive ketones (excluding diaryl/α,β-unsaturated/α-hetero) is 2. The van der Waals surface area contributed by atoms with Crippen LogP contribution in [0.15, 0.2) is 48.5 Å². The van der Waals surface area contributed by atoms with Crippen LogP contribution in [0, 0.1) is 0 Å². The zero-order chi connectivity index (χ0) is 15.4. The highest BCUT2D eigenvalue weighted by Crippen LogP contribution is 2.29. The van der Waals surface area contributed by atoms with Crippen molar-refractivity contribution in [2.24, 2.45) is 0 Å². The van der Waals surface area contributed by atoms with Gasteiger partial charge in [-0.15, -0.1) is 0 Å². The van der Waals surface area contributed by atoms with E-state index in [9.17, 15) is 19.8 Å². The molecular formula is C17H16O4. The Balaban J connectivity index is 2.43. The summed E-state index contributed by atoms with van der Waals surface area (Å²) in [5, 5.41) is 18.7. The smallest absolute Gasteiger partial charge is 0.152 e. The minimum atomic E-state index is -0.588. The summed E-state index contributed by atoms with van der Waals surface area (Å²) in [5.41, 5.74) is 1.40. The maximum atomic E-state index is 12.4. The fourth-order valence-electron chi connectivity index (χ4n) is 2.25. The third-order valence-corrected chi connectivity index (χ3v) is 3.20. The van der Waals surface area contributed by atoms with Gasteiger partial charge in [0.15, 0.2) is 5.78 Å². The summed E-state index contributed by atoms with van der Waals surface area (Å²) in [4.78, 5) is 23.6. The van der Waals surface area contributed by atoms with E-state index in [-0.39, 0.29) is 29.5 Å². The van der Waals surface area contributed by atoms with Gasteiger partial charge in [0.25, 0.3) is 0 Å². The summed E-state index contributed by atoms with van der Waals surface area (Å²) in [6.07, 6.45) is -0.146. The lowest BCUT2D eigenvalue weighted by Gasteiger charge is -2.16. The first-order valence-electron chi connectivity index (χ1n) is 6.57. The minimum Gasteiger partial charge on any atom is -0.508 e. The van der Waals surface area contributed by atoms with Crippen molar-refractivity contribution < 1.29 is 19.8 Å². The largest absolute Gasteiger partial charge is 0.508 e. The molecule has 0 radical (unpaired) electrons. The molecule has 108 valence electrons. The van der Waals surface area contributed by atoms with Crippen LogP contribution in [0.3, 0.4) is 0 Å². The number of ketones is 2. The molecule has 0 aromatic heterocycles. The first-order chi connectivity index (χ1) is 9.97. The number of hydrogen-bond acceptors (Lipinski definition) is 4. The van der Waals surface area contributed by atoms with Crippen molar-refractivity contribution in [2.45, 2.75) is 19.3 Å². The molecule has 4 nitrogen and oxygen atoms in total. The fourth-order valence-corrected chi connectivity index (χ4v) is 2.25. The van der Waals surface area contributed by atoms with E-state index in [1.54, 1.807) is 24.3 Å². The summed E-state index contributed by atoms with van der Waals surface area (Å²) >= 11 is 0. The standard InChI is InChI=1S/C17H16O4/c1-11(18)10-16(21)17(12-2-6-14(19)7-3-12)13-4-8-15(20)9-5-13/h2-9,17,19-20H,10H2,1H3. The van der Waals surface area contributed by atoms with E-state index in [1.807, 2.05) is 0 Å². The van der Waals surface area contributed by atoms with Crippen LogP contribution in [0.5, 0.6) is 11.5 Å². The van der Waals surface area contributed by atoms with Gasteiger partial charge in [0.1, 0.15) is 17.3 Å². The van der Waals surface area contributed by atoms with Crippen LogP contribution in [0.4, 0.5) is 0 Å². The van der Waals surface area contributed by atoms with Crippen molar-refractivity contribution in [2.75, 3.05) is 0 Å². The van der Waals surface area contributed by atoms with E-state index in [1.165, 1.54) is 31.2 Å². The highest BCUT2D eigenvalue weighted by atomic mass is 16.3. The van der Waals surface area contributed by atoms with Gasteiger partial charge in [0.05, 0.1) is 12.3 Å². The van der Waals surface area contributed by atoms with E-state index < -0.39 is 5.92 Å². The Morgan fingerprint density at radius 3 is 1.57 bits per heavy atom. The van der Waals surface area contributed by atoms with Crippen molar-refractivity contribution >= 4 is 11.6 Å². The Kier molecular flexibility index (Phi) is 4.38. The Bertz CT molecular complexity index is 596. The van der Waals surface area contributed by atoms with Crippen LogP contribution in [0.2, 0.25) is 0 Å². The van der Waals surface area contributed by atoms with E-state index in [0.717, 1.165) is 0 Å². The Labute approximate surface area is 122 Å². The molecule has 4 heteroatoms. The molecule has 0 unspecified atom stereocenters. The van der Waals surface area contributed by atoms with Crippen molar-refractivity contribution in [1.82, 2.24) is 0 Å². The number of rotatable bonds is 5. The molecule has 2 N–H and O–H groups in total. The monoisotopic (exact) mass is 284 g/mol. The van der Waals surface area contributed by atoms with Crippen LogP contribution < -0.4 is 0 Å². The predicted octanol–water partition coefficient (Wildman–Crippen LogP) is 2.78. The maximum absolute atomic E-state index is 12.4. The number of phenols is 2. The highest BCUT2D eigenvalue weighted by molar-refractivity contribution is 6.02. The van der Waals surface area contributed by atoms with Crippen LogP contribution in [-0.4, -0.2) is 21.8 Å². The predicted molar refractivity (Wildman–Crippen MR) is 78.4 cm³/mol. The molecule has 0 spiro atoms. The molecule has 0 aliphatic carbocycles. The molecule has 0 fully saturated rings. The molecule has 0 saturated heterocycles. The van der Waals surface area contributed by atoms with Gasteiger partial charge in [-0.3, -0.25) is 9.59 Å². The average Bonchev–Trinajstić information content (AvgIpc) is 2.42. The summed E-state index contributed by atoms with van der Waals surface area (Å²) in [5.74, 6) is -0.763. The molecule has 0 saturated carbocycles. The van der Waals surface area contributed by atoms with E-state index in [2.05, 4.69) is 0 Å². The Hall–Kier alpha value is -2.62. The summed E-state index contributed by atoms with van der Waals surface area (Å²) in [7, 11) is 0. The second-order valence-electron chi connectivity index (χ2n) is 4.96. The van der Waals surface area contributed by atoms with Crippen molar-refractivity contribution in [3.63, 3.8) is 0 Å². The molecule has 0 heterocycles. The third-order valence-electron chi connectivity index (χ3n) is 3.20. The number of carbonyl (C=O) groups excluding carboxylic acids is 2. The van der Waals surface area contributed by atoms with Crippen LogP contribution in [0.25, 0.3) is 0 Å². The molecule has 2 aromatic carbocycles. The van der Waals surface area contributed by atoms with Gasteiger partial charge >= 0.3 is 0 Å². The first-order valence-corrected chi connectivity index (χ1v) is 6.57. The van der Waals surface area contributed by atoms with Gasteiger partial charge < -0.3 is 10.2 Å². The molecule has 2 rings (SSSR count). The molecule has 0 amide bonds. The van der Waals surface area contributed by atoms with Crippen LogP contribution in [0.1, 0.15) is 30.4 Å². The van der Waals surface area contributed by atoms with E-state index >= 15 is 0 Å². The molecule has 0 aliphatic heterocycles. The Morgan fingerprint density at radius 2 is 1.24 bits per heavy atom. The van der Waals surface area contributed by atoms with Gasteiger partial charge in [-0.25, -0.2) is 0 Å². The summed E-state index contributed by atoms with van der Waals surface area (Å²) in [6.45, 7) is 1.38. The first kappa shape index (κ1) is 14.8. The van der Waals surface area contributed by atoms with Crippen molar-refractivity contribution in [1.29, 1.82) is 0 Å². The van der Waals surface area contributed by atoms with Gasteiger partial charge in [0.2, 0.25) is 0 Å². The van der Waals surface area contributed by atoms with Crippen LogP contribution in [-0.2, 0) is 9.59 Å². The third kappa shape index (κ3) is 3.69. The minimum absolute atomic E-state index is 0.113. The van der Waals surface area contributed by atoms with Crippen molar-refractivity contribution in [3.8, 4) is 11.5 Å². The van der Waals surface area contributed by atoms with E-state index in [4.69, 9.17) is 0 Å². The molecule has 21 heavy (non-hydrogen) atoms. The number of phenolic OH excluding ortho intramolecular Hbond substituents is 2. The number of aromatic hydroxyl groups is 2. The van der Waals surface area contributed by atoms with Gasteiger partial charge in [-0.05, 0) is 42.3 Å². The average molecular weight is 284 g/mol. The maximum Gasteiger partial charge on any atom is 0.152 e. The summed E-state index contributed by atoms with van der Waals surface area (Å²) < 4.78 is 0. The molecule has 0 aliphatic rings. The lowest BCUT2D eigenvalue weighted by molar-refractivity contribution is -0.126. The second-order valence-corrected chi connectivity index (χ2v) is 4.96. The normalized spacial score (nSPS) is 10.6. The zero-order valence-corrected chi connectivity index (χ0v) is 11.6. The Morgan fingerprint density at radius 1 is 0.857 bits per heavy atom. The van der Waals surface area contributed by atoms with Gasteiger partial charge in [-0.2, -0.15) is 0 Å². The van der Waals surface area contributed by atoms with Gasteiger partial charge in [-0.1, -0.05) is 24.3 Å². The zero-order valence-electron chi connectivity index (χ0n) is 11.6. The SMILES string of the molecule is CC(=O)CC(=O)C(c1ccc(O)cc1)c1ccc(O)cc1. The molecule has 0 atom stereocenters. The topological polar surface area (TPSA) is 74.6 Å². The van der Waals surface area contributed by atoms with E-state index in [0.29, 0.717) is 11.1 Å². The lowest BCUT2D eigenvalue weighted by atomic mass is 9.86. The summed E-state index contributed by atoms with van der Waals surface area (Å²) in [6, 6.07) is 12.6. The number of carbonyl (C=O) groups is 2. The lowest BCUT2D eigenvalue weighted by Crippen LogP contribution is -2.16. The molecule has 2 aromatic rings.